The number of pyridine rings is 2. The van der Waals surface area contributed by atoms with E-state index < -0.39 is 0 Å². The fraction of sp³-hybridized carbons (Fsp3) is 0.320. The fourth-order valence-corrected chi connectivity index (χ4v) is 3.95. The molecule has 1 amide bonds. The molecule has 1 aliphatic heterocycles. The van der Waals surface area contributed by atoms with Crippen molar-refractivity contribution in [3.05, 3.63) is 77.9 Å². The molecule has 0 radical (unpaired) electrons. The van der Waals surface area contributed by atoms with Crippen LogP contribution < -0.4 is 9.64 Å². The number of piperidine rings is 1. The highest BCUT2D eigenvalue weighted by atomic mass is 16.5. The lowest BCUT2D eigenvalue weighted by atomic mass is 9.93. The monoisotopic (exact) mass is 416 g/mol. The summed E-state index contributed by atoms with van der Waals surface area (Å²) in [5.41, 5.74) is 3.64. The zero-order chi connectivity index (χ0) is 21.8. The number of benzene rings is 1. The summed E-state index contributed by atoms with van der Waals surface area (Å²) in [5.74, 6) is 1.78. The van der Waals surface area contributed by atoms with Gasteiger partial charge >= 0.3 is 0 Å². The molecule has 160 valence electrons. The third-order valence-corrected chi connectivity index (χ3v) is 5.57. The first-order valence-corrected chi connectivity index (χ1v) is 10.6. The summed E-state index contributed by atoms with van der Waals surface area (Å²) in [6.07, 6.45) is 5.27. The molecule has 3 aromatic rings. The van der Waals surface area contributed by atoms with Gasteiger partial charge in [0.25, 0.3) is 5.91 Å². The predicted octanol–water partition coefficient (Wildman–Crippen LogP) is 4.66. The number of aryl methyl sites for hydroxylation is 1. The van der Waals surface area contributed by atoms with Crippen LogP contribution in [-0.2, 0) is 0 Å². The molecular weight excluding hydrogens is 388 g/mol. The lowest BCUT2D eigenvalue weighted by Crippen LogP contribution is -2.39. The van der Waals surface area contributed by atoms with Crippen molar-refractivity contribution in [1.82, 2.24) is 14.9 Å². The van der Waals surface area contributed by atoms with Crippen LogP contribution in [0.4, 0.5) is 5.69 Å². The standard InChI is InChI=1S/C25H28N4O2/c1-18-14-23(31-22-10-8-21(9-11-22)28(2)3)15-24(27-18)20-7-5-13-29(17-20)25(30)19-6-4-12-26-16-19/h4,6,8-12,14-16,20H,5,7,13,17H2,1-3H3/t20-/m0/s1. The van der Waals surface area contributed by atoms with Crippen LogP contribution in [0.2, 0.25) is 0 Å². The molecule has 6 heteroatoms. The molecule has 0 unspecified atom stereocenters. The van der Waals surface area contributed by atoms with Gasteiger partial charge < -0.3 is 14.5 Å². The smallest absolute Gasteiger partial charge is 0.255 e. The van der Waals surface area contributed by atoms with Gasteiger partial charge in [0.2, 0.25) is 0 Å². The first-order chi connectivity index (χ1) is 15.0. The van der Waals surface area contributed by atoms with Crippen molar-refractivity contribution in [3.8, 4) is 11.5 Å². The quantitative estimate of drug-likeness (QED) is 0.605. The van der Waals surface area contributed by atoms with Crippen molar-refractivity contribution >= 4 is 11.6 Å². The van der Waals surface area contributed by atoms with Crippen LogP contribution in [0.1, 0.15) is 40.5 Å². The Morgan fingerprint density at radius 2 is 1.94 bits per heavy atom. The number of carbonyl (C=O) groups is 1. The second-order valence-corrected chi connectivity index (χ2v) is 8.19. The lowest BCUT2D eigenvalue weighted by Gasteiger charge is -2.32. The third-order valence-electron chi connectivity index (χ3n) is 5.57. The first kappa shape index (κ1) is 20.8. The number of hydrogen-bond donors (Lipinski definition) is 0. The number of ether oxygens (including phenoxy) is 1. The van der Waals surface area contributed by atoms with Gasteiger partial charge in [-0.25, -0.2) is 0 Å². The predicted molar refractivity (Wildman–Crippen MR) is 122 cm³/mol. The molecule has 0 N–H and O–H groups in total. The molecule has 0 bridgehead atoms. The Bertz CT molecular complexity index is 1040. The number of aromatic nitrogens is 2. The molecule has 1 aliphatic rings. The average Bonchev–Trinajstić information content (AvgIpc) is 2.79. The minimum Gasteiger partial charge on any atom is -0.457 e. The molecule has 0 saturated carbocycles. The topological polar surface area (TPSA) is 58.6 Å². The van der Waals surface area contributed by atoms with E-state index in [4.69, 9.17) is 9.72 Å². The zero-order valence-electron chi connectivity index (χ0n) is 18.3. The molecule has 0 spiro atoms. The van der Waals surface area contributed by atoms with E-state index in [1.807, 2.05) is 68.4 Å². The normalized spacial score (nSPS) is 16.1. The van der Waals surface area contributed by atoms with Gasteiger partial charge in [0.15, 0.2) is 0 Å². The highest BCUT2D eigenvalue weighted by molar-refractivity contribution is 5.94. The summed E-state index contributed by atoms with van der Waals surface area (Å²) in [6.45, 7) is 3.39. The van der Waals surface area contributed by atoms with Crippen LogP contribution >= 0.6 is 0 Å². The molecule has 1 atom stereocenters. The molecule has 1 fully saturated rings. The van der Waals surface area contributed by atoms with E-state index in [9.17, 15) is 4.79 Å². The van der Waals surface area contributed by atoms with E-state index in [1.165, 1.54) is 0 Å². The minimum atomic E-state index is 0.0305. The summed E-state index contributed by atoms with van der Waals surface area (Å²) >= 11 is 0. The first-order valence-electron chi connectivity index (χ1n) is 10.6. The van der Waals surface area contributed by atoms with Gasteiger partial charge in [0.05, 0.1) is 5.56 Å². The van der Waals surface area contributed by atoms with Crippen LogP contribution in [0.3, 0.4) is 0 Å². The van der Waals surface area contributed by atoms with Crippen LogP contribution in [-0.4, -0.2) is 48.0 Å². The number of hydrogen-bond acceptors (Lipinski definition) is 5. The second kappa shape index (κ2) is 9.16. The number of anilines is 1. The van der Waals surface area contributed by atoms with Crippen LogP contribution in [0.5, 0.6) is 11.5 Å². The number of amides is 1. The molecule has 0 aliphatic carbocycles. The number of carbonyl (C=O) groups excluding carboxylic acids is 1. The summed E-state index contributed by atoms with van der Waals surface area (Å²) in [6, 6.07) is 15.6. The minimum absolute atomic E-state index is 0.0305. The van der Waals surface area contributed by atoms with Crippen molar-refractivity contribution in [1.29, 1.82) is 0 Å². The van der Waals surface area contributed by atoms with Crippen LogP contribution in [0, 0.1) is 6.92 Å². The molecular formula is C25H28N4O2. The third kappa shape index (κ3) is 5.02. The van der Waals surface area contributed by atoms with Crippen molar-refractivity contribution < 1.29 is 9.53 Å². The van der Waals surface area contributed by atoms with E-state index >= 15 is 0 Å². The molecule has 4 rings (SSSR count). The number of rotatable bonds is 5. The van der Waals surface area contributed by atoms with Crippen molar-refractivity contribution in [3.63, 3.8) is 0 Å². The Labute approximate surface area is 183 Å². The van der Waals surface area contributed by atoms with Crippen molar-refractivity contribution in [2.24, 2.45) is 0 Å². The van der Waals surface area contributed by atoms with Gasteiger partial charge in [0.1, 0.15) is 11.5 Å². The number of nitrogens with zero attached hydrogens (tertiary/aromatic N) is 4. The fourth-order valence-electron chi connectivity index (χ4n) is 3.95. The van der Waals surface area contributed by atoms with E-state index in [-0.39, 0.29) is 11.8 Å². The van der Waals surface area contributed by atoms with E-state index in [0.29, 0.717) is 12.1 Å². The SMILES string of the molecule is Cc1cc(Oc2ccc(N(C)C)cc2)cc([C@H]2CCCN(C(=O)c3cccnc3)C2)n1. The van der Waals surface area contributed by atoms with Crippen molar-refractivity contribution in [2.45, 2.75) is 25.7 Å². The summed E-state index contributed by atoms with van der Waals surface area (Å²) in [4.78, 5) is 25.7. The van der Waals surface area contributed by atoms with E-state index in [2.05, 4.69) is 9.88 Å². The maximum atomic E-state index is 12.9. The molecule has 3 heterocycles. The van der Waals surface area contributed by atoms with Crippen LogP contribution in [0.15, 0.2) is 60.9 Å². The Morgan fingerprint density at radius 1 is 1.13 bits per heavy atom. The molecule has 1 aromatic carbocycles. The molecule has 2 aromatic heterocycles. The van der Waals surface area contributed by atoms with Gasteiger partial charge in [-0.3, -0.25) is 14.8 Å². The van der Waals surface area contributed by atoms with Gasteiger partial charge in [0, 0.05) is 74.7 Å². The summed E-state index contributed by atoms with van der Waals surface area (Å²) < 4.78 is 6.12. The van der Waals surface area contributed by atoms with Gasteiger partial charge in [-0.1, -0.05) is 0 Å². The average molecular weight is 417 g/mol. The van der Waals surface area contributed by atoms with Gasteiger partial charge in [-0.15, -0.1) is 0 Å². The van der Waals surface area contributed by atoms with Gasteiger partial charge in [-0.2, -0.15) is 0 Å². The largest absolute Gasteiger partial charge is 0.457 e. The van der Waals surface area contributed by atoms with Crippen LogP contribution in [0.25, 0.3) is 0 Å². The van der Waals surface area contributed by atoms with Crippen molar-refractivity contribution in [2.75, 3.05) is 32.1 Å². The maximum absolute atomic E-state index is 12.9. The number of likely N-dealkylation sites (tertiary alicyclic amines) is 1. The molecule has 1 saturated heterocycles. The lowest BCUT2D eigenvalue weighted by molar-refractivity contribution is 0.0705. The van der Waals surface area contributed by atoms with Gasteiger partial charge in [-0.05, 0) is 56.2 Å². The zero-order valence-corrected chi connectivity index (χ0v) is 18.3. The second-order valence-electron chi connectivity index (χ2n) is 8.19. The highest BCUT2D eigenvalue weighted by Crippen LogP contribution is 2.31. The maximum Gasteiger partial charge on any atom is 0.255 e. The Morgan fingerprint density at radius 3 is 2.65 bits per heavy atom. The summed E-state index contributed by atoms with van der Waals surface area (Å²) in [7, 11) is 4.03. The summed E-state index contributed by atoms with van der Waals surface area (Å²) in [5, 5.41) is 0. The molecule has 6 nitrogen and oxygen atoms in total. The highest BCUT2D eigenvalue weighted by Gasteiger charge is 2.27. The Kier molecular flexibility index (Phi) is 6.16. The Hall–Kier alpha value is -3.41. The van der Waals surface area contributed by atoms with E-state index in [0.717, 1.165) is 48.0 Å². The Balaban J connectivity index is 1.50. The van der Waals surface area contributed by atoms with E-state index in [1.54, 1.807) is 18.5 Å². The molecule has 31 heavy (non-hydrogen) atoms.